The molecule has 0 saturated carbocycles. The number of carbonyl (C=O) groups is 1. The summed E-state index contributed by atoms with van der Waals surface area (Å²) < 4.78 is 7.61. The second-order valence-corrected chi connectivity index (χ2v) is 6.21. The normalized spacial score (nSPS) is 14.0. The van der Waals surface area contributed by atoms with Crippen molar-refractivity contribution in [2.75, 3.05) is 26.3 Å². The van der Waals surface area contributed by atoms with Crippen LogP contribution in [0.3, 0.4) is 0 Å². The first kappa shape index (κ1) is 16.8. The van der Waals surface area contributed by atoms with E-state index in [-0.39, 0.29) is 6.03 Å². The lowest BCUT2D eigenvalue weighted by molar-refractivity contribution is 0.144. The minimum Gasteiger partial charge on any atom is -0.382 e. The average Bonchev–Trinajstić information content (AvgIpc) is 2.85. The first-order valence-electron chi connectivity index (χ1n) is 8.94. The molecule has 1 aromatic carbocycles. The summed E-state index contributed by atoms with van der Waals surface area (Å²) in [6.07, 6.45) is 4.01. The lowest BCUT2D eigenvalue weighted by Crippen LogP contribution is -2.40. The van der Waals surface area contributed by atoms with Gasteiger partial charge in [-0.25, -0.2) is 4.79 Å². The molecular formula is C19H27N3O2. The van der Waals surface area contributed by atoms with Crippen LogP contribution in [0, 0.1) is 0 Å². The molecule has 2 amide bonds. The fraction of sp³-hybridized carbons (Fsp3) is 0.526. The summed E-state index contributed by atoms with van der Waals surface area (Å²) in [5.74, 6) is 0. The van der Waals surface area contributed by atoms with E-state index in [0.29, 0.717) is 19.7 Å². The molecule has 1 aliphatic heterocycles. The fourth-order valence-electron chi connectivity index (χ4n) is 3.44. The van der Waals surface area contributed by atoms with Crippen LogP contribution in [0.25, 0.3) is 10.9 Å². The number of aryl methyl sites for hydroxylation is 1. The molecule has 0 saturated heterocycles. The number of amides is 2. The quantitative estimate of drug-likeness (QED) is 0.828. The molecule has 1 aromatic heterocycles. The predicted octanol–water partition coefficient (Wildman–Crippen LogP) is 3.16. The van der Waals surface area contributed by atoms with Gasteiger partial charge in [0.05, 0.1) is 0 Å². The van der Waals surface area contributed by atoms with E-state index in [2.05, 4.69) is 41.2 Å². The minimum absolute atomic E-state index is 0.0250. The Bertz CT molecular complexity index is 708. The smallest absolute Gasteiger partial charge is 0.317 e. The highest BCUT2D eigenvalue weighted by Crippen LogP contribution is 2.29. The minimum atomic E-state index is 0.0250. The van der Waals surface area contributed by atoms with E-state index in [1.165, 1.54) is 22.0 Å². The molecule has 0 atom stereocenters. The van der Waals surface area contributed by atoms with Gasteiger partial charge in [0, 0.05) is 56.5 Å². The molecule has 1 aliphatic rings. The molecule has 3 rings (SSSR count). The number of benzene rings is 1. The zero-order chi connectivity index (χ0) is 16.9. The van der Waals surface area contributed by atoms with Gasteiger partial charge in [0.2, 0.25) is 0 Å². The van der Waals surface area contributed by atoms with Gasteiger partial charge < -0.3 is 19.5 Å². The maximum absolute atomic E-state index is 12.5. The molecule has 2 aromatic rings. The number of urea groups is 1. The number of nitrogens with one attached hydrogen (secondary N) is 1. The van der Waals surface area contributed by atoms with Crippen molar-refractivity contribution in [2.45, 2.75) is 39.8 Å². The molecule has 1 N–H and O–H groups in total. The van der Waals surface area contributed by atoms with Crippen molar-refractivity contribution in [1.29, 1.82) is 0 Å². The van der Waals surface area contributed by atoms with E-state index in [1.54, 1.807) is 0 Å². The summed E-state index contributed by atoms with van der Waals surface area (Å²) in [6, 6.07) is 6.44. The fourth-order valence-corrected chi connectivity index (χ4v) is 3.44. The molecule has 5 nitrogen and oxygen atoms in total. The van der Waals surface area contributed by atoms with Gasteiger partial charge in [-0.05, 0) is 43.9 Å². The van der Waals surface area contributed by atoms with Crippen molar-refractivity contribution >= 4 is 16.9 Å². The highest BCUT2D eigenvalue weighted by atomic mass is 16.5. The monoisotopic (exact) mass is 329 g/mol. The number of hydrogen-bond acceptors (Lipinski definition) is 2. The van der Waals surface area contributed by atoms with Gasteiger partial charge in [-0.1, -0.05) is 12.1 Å². The molecule has 0 unspecified atom stereocenters. The van der Waals surface area contributed by atoms with Crippen LogP contribution >= 0.6 is 0 Å². The maximum Gasteiger partial charge on any atom is 0.317 e. The molecule has 0 fully saturated rings. The third-order valence-electron chi connectivity index (χ3n) is 4.66. The number of hydrogen-bond donors (Lipinski definition) is 1. The van der Waals surface area contributed by atoms with Crippen molar-refractivity contribution in [3.05, 3.63) is 35.5 Å². The third-order valence-corrected chi connectivity index (χ3v) is 4.66. The van der Waals surface area contributed by atoms with E-state index < -0.39 is 0 Å². The Morgan fingerprint density at radius 1 is 1.29 bits per heavy atom. The third kappa shape index (κ3) is 3.41. The zero-order valence-electron chi connectivity index (χ0n) is 14.7. The van der Waals surface area contributed by atoms with Gasteiger partial charge in [-0.2, -0.15) is 0 Å². The predicted molar refractivity (Wildman–Crippen MR) is 96.2 cm³/mol. The summed E-state index contributed by atoms with van der Waals surface area (Å²) in [6.45, 7) is 8.65. The largest absolute Gasteiger partial charge is 0.382 e. The van der Waals surface area contributed by atoms with Gasteiger partial charge in [-0.15, -0.1) is 0 Å². The lowest BCUT2D eigenvalue weighted by atomic mass is 10.1. The number of carbonyl (C=O) groups excluding carboxylic acids is 1. The molecule has 2 heterocycles. The van der Waals surface area contributed by atoms with Crippen LogP contribution in [-0.4, -0.2) is 41.8 Å². The van der Waals surface area contributed by atoms with Crippen LogP contribution in [0.4, 0.5) is 4.79 Å². The summed E-state index contributed by atoms with van der Waals surface area (Å²) >= 11 is 0. The molecule has 0 aliphatic carbocycles. The van der Waals surface area contributed by atoms with Crippen molar-refractivity contribution in [2.24, 2.45) is 0 Å². The molecule has 0 bridgehead atoms. The Morgan fingerprint density at radius 2 is 2.17 bits per heavy atom. The standard InChI is InChI=1S/C19H27N3O2/c1-3-21-13-16-9-11-22(19(23)20-10-6-12-24-4-2)14-15-7-5-8-17(21)18(15)16/h5,7-8,13H,3-4,6,9-12,14H2,1-2H3,(H,20,23). The van der Waals surface area contributed by atoms with Crippen LogP contribution in [0.1, 0.15) is 31.4 Å². The Hall–Kier alpha value is -2.01. The Kier molecular flexibility index (Phi) is 5.41. The van der Waals surface area contributed by atoms with Crippen LogP contribution in [0.15, 0.2) is 24.4 Å². The van der Waals surface area contributed by atoms with E-state index in [9.17, 15) is 4.79 Å². The van der Waals surface area contributed by atoms with Gasteiger partial charge in [0.15, 0.2) is 0 Å². The van der Waals surface area contributed by atoms with Crippen molar-refractivity contribution in [1.82, 2.24) is 14.8 Å². The highest BCUT2D eigenvalue weighted by Gasteiger charge is 2.21. The SMILES string of the molecule is CCOCCCNC(=O)N1CCc2cn(CC)c3cccc(c23)C1. The van der Waals surface area contributed by atoms with E-state index in [4.69, 9.17) is 4.74 Å². The second-order valence-electron chi connectivity index (χ2n) is 6.21. The first-order chi connectivity index (χ1) is 11.7. The summed E-state index contributed by atoms with van der Waals surface area (Å²) in [7, 11) is 0. The van der Waals surface area contributed by atoms with Gasteiger partial charge in [0.25, 0.3) is 0 Å². The first-order valence-corrected chi connectivity index (χ1v) is 8.94. The molecule has 5 heteroatoms. The van der Waals surface area contributed by atoms with Crippen LogP contribution in [0.5, 0.6) is 0 Å². The van der Waals surface area contributed by atoms with Crippen molar-refractivity contribution in [3.8, 4) is 0 Å². The maximum atomic E-state index is 12.5. The molecule has 24 heavy (non-hydrogen) atoms. The Labute approximate surface area is 143 Å². The van der Waals surface area contributed by atoms with Crippen LogP contribution in [-0.2, 0) is 24.2 Å². The van der Waals surface area contributed by atoms with Gasteiger partial charge >= 0.3 is 6.03 Å². The Balaban J connectivity index is 1.69. The second kappa shape index (κ2) is 7.71. The molecule has 0 spiro atoms. The van der Waals surface area contributed by atoms with E-state index in [0.717, 1.165) is 32.5 Å². The average molecular weight is 329 g/mol. The summed E-state index contributed by atoms with van der Waals surface area (Å²) in [4.78, 5) is 14.4. The summed E-state index contributed by atoms with van der Waals surface area (Å²) in [5, 5.41) is 4.35. The van der Waals surface area contributed by atoms with Crippen LogP contribution < -0.4 is 5.32 Å². The molecule has 0 radical (unpaired) electrons. The lowest BCUT2D eigenvalue weighted by Gasteiger charge is -2.22. The van der Waals surface area contributed by atoms with Gasteiger partial charge in [-0.3, -0.25) is 0 Å². The van der Waals surface area contributed by atoms with E-state index in [1.807, 2.05) is 11.8 Å². The topological polar surface area (TPSA) is 46.5 Å². The zero-order valence-corrected chi connectivity index (χ0v) is 14.7. The number of nitrogens with zero attached hydrogens (tertiary/aromatic N) is 2. The van der Waals surface area contributed by atoms with Crippen molar-refractivity contribution in [3.63, 3.8) is 0 Å². The molecule has 130 valence electrons. The van der Waals surface area contributed by atoms with Crippen LogP contribution in [0.2, 0.25) is 0 Å². The molecular weight excluding hydrogens is 302 g/mol. The van der Waals surface area contributed by atoms with Gasteiger partial charge in [0.1, 0.15) is 0 Å². The highest BCUT2D eigenvalue weighted by molar-refractivity contribution is 5.88. The Morgan fingerprint density at radius 3 is 2.96 bits per heavy atom. The number of rotatable bonds is 6. The van der Waals surface area contributed by atoms with Crippen molar-refractivity contribution < 1.29 is 9.53 Å². The number of ether oxygens (including phenoxy) is 1. The summed E-state index contributed by atoms with van der Waals surface area (Å²) in [5.41, 5.74) is 3.88. The number of aromatic nitrogens is 1. The van der Waals surface area contributed by atoms with E-state index >= 15 is 0 Å².